The lowest BCUT2D eigenvalue weighted by Gasteiger charge is -2.57. The van der Waals surface area contributed by atoms with Gasteiger partial charge in [-0.05, 0) is 87.8 Å². The molecule has 5 rings (SSSR count). The number of rotatable bonds is 7. The minimum Gasteiger partial charge on any atom is -0.490 e. The molecule has 138 valence electrons. The minimum atomic E-state index is 0.367. The summed E-state index contributed by atoms with van der Waals surface area (Å²) in [4.78, 5) is 0. The summed E-state index contributed by atoms with van der Waals surface area (Å²) in [6.07, 6.45) is 8.52. The van der Waals surface area contributed by atoms with Gasteiger partial charge < -0.3 is 14.8 Å². The molecule has 1 aromatic rings. The summed E-state index contributed by atoms with van der Waals surface area (Å²) >= 11 is 6.47. The Balaban J connectivity index is 1.49. The van der Waals surface area contributed by atoms with Crippen molar-refractivity contribution in [1.82, 2.24) is 5.32 Å². The van der Waals surface area contributed by atoms with E-state index in [1.54, 1.807) is 0 Å². The summed E-state index contributed by atoms with van der Waals surface area (Å²) < 4.78 is 11.4. The van der Waals surface area contributed by atoms with E-state index in [1.165, 1.54) is 44.1 Å². The van der Waals surface area contributed by atoms with Gasteiger partial charge in [0.25, 0.3) is 0 Å². The average molecular weight is 364 g/mol. The highest BCUT2D eigenvalue weighted by Gasteiger charge is 2.50. The molecule has 4 aliphatic carbocycles. The van der Waals surface area contributed by atoms with Crippen molar-refractivity contribution in [1.29, 1.82) is 0 Å². The summed E-state index contributed by atoms with van der Waals surface area (Å²) in [5, 5.41) is 4.58. The van der Waals surface area contributed by atoms with Gasteiger partial charge >= 0.3 is 0 Å². The van der Waals surface area contributed by atoms with Crippen LogP contribution in [0, 0.1) is 17.8 Å². The first-order valence-electron chi connectivity index (χ1n) is 9.94. The quantitative estimate of drug-likeness (QED) is 0.722. The van der Waals surface area contributed by atoms with Crippen molar-refractivity contribution in [3.05, 3.63) is 22.7 Å². The van der Waals surface area contributed by atoms with Crippen molar-refractivity contribution >= 4 is 11.6 Å². The molecule has 0 saturated heterocycles. The number of benzene rings is 1. The number of halogens is 1. The molecule has 0 heterocycles. The summed E-state index contributed by atoms with van der Waals surface area (Å²) in [5.41, 5.74) is 1.55. The smallest absolute Gasteiger partial charge is 0.179 e. The average Bonchev–Trinajstić information content (AvgIpc) is 2.55. The molecule has 4 bridgehead atoms. The molecule has 1 N–H and O–H groups in total. The van der Waals surface area contributed by atoms with Crippen LogP contribution in [0.3, 0.4) is 0 Å². The lowest BCUT2D eigenvalue weighted by Crippen LogP contribution is -2.58. The molecule has 0 aliphatic heterocycles. The van der Waals surface area contributed by atoms with Gasteiger partial charge in [-0.2, -0.15) is 0 Å². The predicted octanol–water partition coefficient (Wildman–Crippen LogP) is 5.20. The molecule has 4 heteroatoms. The Morgan fingerprint density at radius 1 is 1.00 bits per heavy atom. The highest BCUT2D eigenvalue weighted by molar-refractivity contribution is 6.32. The second-order valence-corrected chi connectivity index (χ2v) is 8.73. The lowest BCUT2D eigenvalue weighted by atomic mass is 9.53. The first-order chi connectivity index (χ1) is 12.1. The molecule has 4 aliphatic rings. The number of nitrogens with one attached hydrogen (secondary N) is 1. The van der Waals surface area contributed by atoms with Gasteiger partial charge in [-0.3, -0.25) is 0 Å². The zero-order chi connectivity index (χ0) is 17.4. The lowest BCUT2D eigenvalue weighted by molar-refractivity contribution is -0.0206. The SMILES string of the molecule is CCOc1cc(CNC23CC4CC(CC(C4)C2)C3)cc(Cl)c1OCC. The van der Waals surface area contributed by atoms with E-state index in [2.05, 4.69) is 11.4 Å². The second kappa shape index (κ2) is 7.00. The van der Waals surface area contributed by atoms with Crippen molar-refractivity contribution in [2.45, 2.75) is 64.5 Å². The van der Waals surface area contributed by atoms with E-state index in [0.29, 0.717) is 29.5 Å². The Morgan fingerprint density at radius 2 is 1.60 bits per heavy atom. The number of hydrogen-bond donors (Lipinski definition) is 1. The molecular formula is C21H30ClNO2. The largest absolute Gasteiger partial charge is 0.490 e. The van der Waals surface area contributed by atoms with Crippen LogP contribution < -0.4 is 14.8 Å². The summed E-state index contributed by atoms with van der Waals surface area (Å²) in [6, 6.07) is 4.12. The maximum absolute atomic E-state index is 6.47. The van der Waals surface area contributed by atoms with Gasteiger partial charge in [-0.15, -0.1) is 0 Å². The third-order valence-corrected chi connectivity index (χ3v) is 6.64. The molecule has 4 fully saturated rings. The molecule has 0 aromatic heterocycles. The Labute approximate surface area is 156 Å². The van der Waals surface area contributed by atoms with Gasteiger partial charge in [0.1, 0.15) is 0 Å². The molecule has 4 saturated carbocycles. The highest BCUT2D eigenvalue weighted by Crippen LogP contribution is 2.55. The van der Waals surface area contributed by atoms with Crippen molar-refractivity contribution in [3.63, 3.8) is 0 Å². The summed E-state index contributed by atoms with van der Waals surface area (Å²) in [5.74, 6) is 4.31. The van der Waals surface area contributed by atoms with Crippen LogP contribution in [0.2, 0.25) is 5.02 Å². The zero-order valence-corrected chi connectivity index (χ0v) is 16.2. The van der Waals surface area contributed by atoms with Crippen molar-refractivity contribution < 1.29 is 9.47 Å². The fourth-order valence-electron chi connectivity index (χ4n) is 5.89. The first kappa shape index (κ1) is 17.5. The van der Waals surface area contributed by atoms with Crippen LogP contribution in [-0.2, 0) is 6.54 Å². The van der Waals surface area contributed by atoms with Crippen LogP contribution in [0.25, 0.3) is 0 Å². The third kappa shape index (κ3) is 3.50. The van der Waals surface area contributed by atoms with Crippen LogP contribution in [0.15, 0.2) is 12.1 Å². The molecule has 0 spiro atoms. The number of ether oxygens (including phenoxy) is 2. The molecule has 0 amide bonds. The van der Waals surface area contributed by atoms with Crippen LogP contribution in [0.4, 0.5) is 0 Å². The standard InChI is InChI=1S/C21H30ClNO2/c1-3-24-19-9-17(8-18(22)20(19)25-4-2)13-23-21-10-14-5-15(11-21)7-16(6-14)12-21/h8-9,14-16,23H,3-7,10-13H2,1-2H3. The fraction of sp³-hybridized carbons (Fsp3) is 0.714. The van der Waals surface area contributed by atoms with Crippen molar-refractivity contribution in [3.8, 4) is 11.5 Å². The Bertz CT molecular complexity index is 595. The van der Waals surface area contributed by atoms with E-state index in [9.17, 15) is 0 Å². The molecule has 1 aromatic carbocycles. The van der Waals surface area contributed by atoms with Crippen LogP contribution in [0.1, 0.15) is 57.9 Å². The van der Waals surface area contributed by atoms with E-state index in [-0.39, 0.29) is 0 Å². The van der Waals surface area contributed by atoms with Crippen molar-refractivity contribution in [2.24, 2.45) is 17.8 Å². The maximum atomic E-state index is 6.47. The van der Waals surface area contributed by atoms with E-state index in [1.807, 2.05) is 19.9 Å². The van der Waals surface area contributed by atoms with E-state index in [0.717, 1.165) is 30.0 Å². The molecule has 3 nitrogen and oxygen atoms in total. The third-order valence-electron chi connectivity index (χ3n) is 6.36. The Hall–Kier alpha value is -0.930. The topological polar surface area (TPSA) is 30.5 Å². The predicted molar refractivity (Wildman–Crippen MR) is 102 cm³/mol. The van der Waals surface area contributed by atoms with Crippen LogP contribution in [0.5, 0.6) is 11.5 Å². The molecule has 0 radical (unpaired) electrons. The first-order valence-corrected chi connectivity index (χ1v) is 10.3. The summed E-state index contributed by atoms with van der Waals surface area (Å²) in [7, 11) is 0. The van der Waals surface area contributed by atoms with E-state index < -0.39 is 0 Å². The fourth-order valence-corrected chi connectivity index (χ4v) is 6.18. The monoisotopic (exact) mass is 363 g/mol. The molecule has 0 unspecified atom stereocenters. The normalized spacial score (nSPS) is 32.8. The summed E-state index contributed by atoms with van der Waals surface area (Å²) in [6.45, 7) is 6.02. The minimum absolute atomic E-state index is 0.367. The highest BCUT2D eigenvalue weighted by atomic mass is 35.5. The van der Waals surface area contributed by atoms with Gasteiger partial charge in [-0.25, -0.2) is 0 Å². The zero-order valence-electron chi connectivity index (χ0n) is 15.4. The van der Waals surface area contributed by atoms with Gasteiger partial charge in [-0.1, -0.05) is 11.6 Å². The Kier molecular flexibility index (Phi) is 4.89. The second-order valence-electron chi connectivity index (χ2n) is 8.32. The van der Waals surface area contributed by atoms with Gasteiger partial charge in [0.15, 0.2) is 11.5 Å². The Morgan fingerprint density at radius 3 is 2.16 bits per heavy atom. The van der Waals surface area contributed by atoms with Gasteiger partial charge in [0, 0.05) is 12.1 Å². The van der Waals surface area contributed by atoms with Crippen molar-refractivity contribution in [2.75, 3.05) is 13.2 Å². The van der Waals surface area contributed by atoms with E-state index in [4.69, 9.17) is 21.1 Å². The maximum Gasteiger partial charge on any atom is 0.179 e. The molecular weight excluding hydrogens is 334 g/mol. The molecule has 25 heavy (non-hydrogen) atoms. The number of hydrogen-bond acceptors (Lipinski definition) is 3. The van der Waals surface area contributed by atoms with Crippen LogP contribution >= 0.6 is 11.6 Å². The van der Waals surface area contributed by atoms with Gasteiger partial charge in [0.2, 0.25) is 0 Å². The molecule has 0 atom stereocenters. The van der Waals surface area contributed by atoms with E-state index >= 15 is 0 Å². The van der Waals surface area contributed by atoms with Crippen LogP contribution in [-0.4, -0.2) is 18.8 Å². The van der Waals surface area contributed by atoms with Gasteiger partial charge in [0.05, 0.1) is 18.2 Å².